The summed E-state index contributed by atoms with van der Waals surface area (Å²) >= 11 is 1.34. The molecule has 174 valence electrons. The summed E-state index contributed by atoms with van der Waals surface area (Å²) in [6.45, 7) is 2.19. The topological polar surface area (TPSA) is 128 Å². The fourth-order valence-corrected chi connectivity index (χ4v) is 4.17. The van der Waals surface area contributed by atoms with Crippen LogP contribution in [0, 0.1) is 6.92 Å². The molecule has 2 N–H and O–H groups in total. The second-order valence-corrected chi connectivity index (χ2v) is 8.72. The predicted molar refractivity (Wildman–Crippen MR) is 128 cm³/mol. The molecule has 11 heteroatoms. The Bertz CT molecular complexity index is 1460. The standard InChI is InChI=1S/C24H19N7O3S/c1-15-20(25-24(35-15)19-8-5-13-34-19)23(33)28-27-22(32)18-11-9-16(10-12-18)14-31-29-21(26-30-31)17-6-3-2-4-7-17/h2-13H,14H2,1H3,(H,27,32)(H,28,33). The van der Waals surface area contributed by atoms with E-state index >= 15 is 0 Å². The molecule has 0 aliphatic heterocycles. The van der Waals surface area contributed by atoms with Crippen LogP contribution in [0.25, 0.3) is 22.2 Å². The first-order valence-corrected chi connectivity index (χ1v) is 11.4. The van der Waals surface area contributed by atoms with Crippen LogP contribution in [-0.2, 0) is 6.54 Å². The average Bonchev–Trinajstić information content (AvgIpc) is 3.65. The van der Waals surface area contributed by atoms with Gasteiger partial charge in [0, 0.05) is 16.0 Å². The van der Waals surface area contributed by atoms with Gasteiger partial charge < -0.3 is 4.42 Å². The van der Waals surface area contributed by atoms with Crippen LogP contribution in [0.15, 0.2) is 77.4 Å². The third-order valence-corrected chi connectivity index (χ3v) is 6.04. The molecule has 0 spiro atoms. The van der Waals surface area contributed by atoms with Crippen LogP contribution in [0.3, 0.4) is 0 Å². The molecule has 0 bridgehead atoms. The van der Waals surface area contributed by atoms with Crippen LogP contribution >= 0.6 is 11.3 Å². The number of tetrazole rings is 1. The number of amides is 2. The number of benzene rings is 2. The molecule has 3 aromatic heterocycles. The number of nitrogens with one attached hydrogen (secondary N) is 2. The van der Waals surface area contributed by atoms with E-state index in [1.807, 2.05) is 30.3 Å². The second-order valence-electron chi connectivity index (χ2n) is 7.52. The van der Waals surface area contributed by atoms with Crippen molar-refractivity contribution in [3.05, 3.63) is 94.7 Å². The number of nitrogens with zero attached hydrogens (tertiary/aromatic N) is 5. The molecule has 0 aliphatic rings. The van der Waals surface area contributed by atoms with Crippen molar-refractivity contribution in [1.82, 2.24) is 36.0 Å². The molecule has 5 aromatic rings. The van der Waals surface area contributed by atoms with Gasteiger partial charge in [-0.15, -0.1) is 21.5 Å². The Morgan fingerprint density at radius 2 is 1.74 bits per heavy atom. The maximum Gasteiger partial charge on any atom is 0.289 e. The van der Waals surface area contributed by atoms with Gasteiger partial charge >= 0.3 is 0 Å². The lowest BCUT2D eigenvalue weighted by atomic mass is 10.1. The average molecular weight is 486 g/mol. The molecule has 5 rings (SSSR count). The summed E-state index contributed by atoms with van der Waals surface area (Å²) in [6, 6.07) is 20.0. The lowest BCUT2D eigenvalue weighted by Gasteiger charge is -2.07. The molecule has 35 heavy (non-hydrogen) atoms. The molecule has 2 aromatic carbocycles. The number of aryl methyl sites for hydroxylation is 1. The zero-order valence-corrected chi connectivity index (χ0v) is 19.3. The van der Waals surface area contributed by atoms with Crippen molar-refractivity contribution < 1.29 is 14.0 Å². The number of furan rings is 1. The second kappa shape index (κ2) is 9.69. The molecule has 10 nitrogen and oxygen atoms in total. The monoisotopic (exact) mass is 485 g/mol. The maximum absolute atomic E-state index is 12.5. The van der Waals surface area contributed by atoms with Crippen molar-refractivity contribution in [3.8, 4) is 22.2 Å². The summed E-state index contributed by atoms with van der Waals surface area (Å²) in [5.41, 5.74) is 7.23. The molecule has 0 atom stereocenters. The van der Waals surface area contributed by atoms with Gasteiger partial charge in [0.15, 0.2) is 10.8 Å². The predicted octanol–water partition coefficient (Wildman–Crippen LogP) is 3.49. The first-order valence-electron chi connectivity index (χ1n) is 10.6. The van der Waals surface area contributed by atoms with E-state index in [0.717, 1.165) is 11.1 Å². The molecular weight excluding hydrogens is 466 g/mol. The highest BCUT2D eigenvalue weighted by atomic mass is 32.1. The molecule has 3 heterocycles. The summed E-state index contributed by atoms with van der Waals surface area (Å²) < 4.78 is 5.33. The van der Waals surface area contributed by atoms with Crippen LogP contribution in [0.4, 0.5) is 0 Å². The van der Waals surface area contributed by atoms with Gasteiger partial charge in [-0.25, -0.2) is 4.98 Å². The first-order chi connectivity index (χ1) is 17.1. The van der Waals surface area contributed by atoms with Crippen molar-refractivity contribution in [2.45, 2.75) is 13.5 Å². The van der Waals surface area contributed by atoms with Crippen LogP contribution in [0.1, 0.15) is 31.3 Å². The van der Waals surface area contributed by atoms with Crippen molar-refractivity contribution in [1.29, 1.82) is 0 Å². The van der Waals surface area contributed by atoms with Crippen molar-refractivity contribution in [2.24, 2.45) is 0 Å². The van der Waals surface area contributed by atoms with Crippen LogP contribution in [0.2, 0.25) is 0 Å². The van der Waals surface area contributed by atoms with Gasteiger partial charge in [0.1, 0.15) is 5.69 Å². The summed E-state index contributed by atoms with van der Waals surface area (Å²) in [4.78, 5) is 31.5. The van der Waals surface area contributed by atoms with Crippen molar-refractivity contribution in [2.75, 3.05) is 0 Å². The summed E-state index contributed by atoms with van der Waals surface area (Å²) in [5.74, 6) is 0.171. The van der Waals surface area contributed by atoms with E-state index in [0.29, 0.717) is 33.6 Å². The third kappa shape index (κ3) is 4.99. The van der Waals surface area contributed by atoms with E-state index in [1.54, 1.807) is 49.6 Å². The van der Waals surface area contributed by atoms with E-state index in [9.17, 15) is 9.59 Å². The zero-order valence-electron chi connectivity index (χ0n) is 18.5. The number of rotatable bonds is 6. The molecule has 0 radical (unpaired) electrons. The lowest BCUT2D eigenvalue weighted by Crippen LogP contribution is -2.42. The highest BCUT2D eigenvalue weighted by Gasteiger charge is 2.18. The van der Waals surface area contributed by atoms with E-state index in [2.05, 4.69) is 31.2 Å². The Morgan fingerprint density at radius 3 is 2.49 bits per heavy atom. The van der Waals surface area contributed by atoms with Gasteiger partial charge in [-0.2, -0.15) is 4.80 Å². The van der Waals surface area contributed by atoms with Gasteiger partial charge in [-0.3, -0.25) is 20.4 Å². The Labute approximate surface area is 203 Å². The molecule has 0 fully saturated rings. The Kier molecular flexibility index (Phi) is 6.14. The minimum atomic E-state index is -0.506. The normalized spacial score (nSPS) is 10.8. The van der Waals surface area contributed by atoms with Gasteiger partial charge in [-0.05, 0) is 42.0 Å². The lowest BCUT2D eigenvalue weighted by molar-refractivity contribution is 0.0844. The minimum Gasteiger partial charge on any atom is -0.462 e. The molecule has 0 aliphatic carbocycles. The van der Waals surface area contributed by atoms with E-state index in [1.165, 1.54) is 16.1 Å². The molecular formula is C24H19N7O3S. The van der Waals surface area contributed by atoms with Gasteiger partial charge in [-0.1, -0.05) is 42.5 Å². The fraction of sp³-hybridized carbons (Fsp3) is 0.0833. The van der Waals surface area contributed by atoms with Gasteiger partial charge in [0.25, 0.3) is 11.8 Å². The number of hydrogen-bond acceptors (Lipinski definition) is 8. The largest absolute Gasteiger partial charge is 0.462 e. The van der Waals surface area contributed by atoms with Gasteiger partial charge in [0.05, 0.1) is 12.8 Å². The summed E-state index contributed by atoms with van der Waals surface area (Å²) in [6.07, 6.45) is 1.54. The summed E-state index contributed by atoms with van der Waals surface area (Å²) in [7, 11) is 0. The van der Waals surface area contributed by atoms with Crippen molar-refractivity contribution >= 4 is 23.2 Å². The Morgan fingerprint density at radius 1 is 0.971 bits per heavy atom. The number of aromatic nitrogens is 5. The number of hydrazine groups is 1. The summed E-state index contributed by atoms with van der Waals surface area (Å²) in [5, 5.41) is 13.2. The number of thiazole rings is 1. The zero-order chi connectivity index (χ0) is 24.2. The molecule has 0 saturated heterocycles. The Hall–Kier alpha value is -4.64. The number of hydrogen-bond donors (Lipinski definition) is 2. The first kappa shape index (κ1) is 22.2. The van der Waals surface area contributed by atoms with Gasteiger partial charge in [0.2, 0.25) is 5.82 Å². The minimum absolute atomic E-state index is 0.229. The fourth-order valence-electron chi connectivity index (χ4n) is 3.30. The highest BCUT2D eigenvalue weighted by Crippen LogP contribution is 2.27. The van der Waals surface area contributed by atoms with E-state index < -0.39 is 11.8 Å². The van der Waals surface area contributed by atoms with E-state index in [-0.39, 0.29) is 5.69 Å². The SMILES string of the molecule is Cc1sc(-c2ccco2)nc1C(=O)NNC(=O)c1ccc(Cn2nnc(-c3ccccc3)n2)cc1. The maximum atomic E-state index is 12.5. The van der Waals surface area contributed by atoms with Crippen LogP contribution in [-0.4, -0.2) is 37.0 Å². The smallest absolute Gasteiger partial charge is 0.289 e. The van der Waals surface area contributed by atoms with E-state index in [4.69, 9.17) is 4.42 Å². The Balaban J connectivity index is 1.18. The highest BCUT2D eigenvalue weighted by molar-refractivity contribution is 7.15. The molecule has 0 saturated carbocycles. The number of carbonyl (C=O) groups excluding carboxylic acids is 2. The van der Waals surface area contributed by atoms with Crippen LogP contribution < -0.4 is 10.9 Å². The quantitative estimate of drug-likeness (QED) is 0.352. The number of carbonyl (C=O) groups is 2. The van der Waals surface area contributed by atoms with Crippen LogP contribution in [0.5, 0.6) is 0 Å². The third-order valence-electron chi connectivity index (χ3n) is 5.06. The molecule has 2 amide bonds. The molecule has 0 unspecified atom stereocenters. The van der Waals surface area contributed by atoms with Crippen molar-refractivity contribution in [3.63, 3.8) is 0 Å².